The van der Waals surface area contributed by atoms with Crippen molar-refractivity contribution in [1.82, 2.24) is 0 Å². The van der Waals surface area contributed by atoms with Crippen LogP contribution in [0.25, 0.3) is 0 Å². The largest absolute Gasteiger partial charge is 0.506 e. The molecule has 0 aliphatic rings. The summed E-state index contributed by atoms with van der Waals surface area (Å²) in [5.74, 6) is -2.00. The standard InChI is InChI=1S/C12H15NO5.ClH/c1-5-7(11(15)17-3)10(14)8(12(16)18-4)6(2)9(5)13;/h14H,13H2,1-4H3;1H. The molecule has 0 aliphatic carbocycles. The number of hydrogen-bond acceptors (Lipinski definition) is 6. The van der Waals surface area contributed by atoms with Crippen molar-refractivity contribution < 1.29 is 24.2 Å². The van der Waals surface area contributed by atoms with Crippen molar-refractivity contribution in [3.8, 4) is 5.75 Å². The van der Waals surface area contributed by atoms with E-state index in [4.69, 9.17) is 5.73 Å². The van der Waals surface area contributed by atoms with Crippen molar-refractivity contribution in [2.24, 2.45) is 0 Å². The number of esters is 2. The van der Waals surface area contributed by atoms with Crippen LogP contribution < -0.4 is 5.73 Å². The molecule has 0 fully saturated rings. The van der Waals surface area contributed by atoms with Crippen LogP contribution in [-0.4, -0.2) is 31.3 Å². The molecule has 0 atom stereocenters. The molecule has 6 nitrogen and oxygen atoms in total. The molecule has 7 heteroatoms. The summed E-state index contributed by atoms with van der Waals surface area (Å²) in [6.45, 7) is 3.13. The quantitative estimate of drug-likeness (QED) is 0.487. The van der Waals surface area contributed by atoms with E-state index in [1.807, 2.05) is 0 Å². The SMILES string of the molecule is COC(=O)c1c(C)c(N)c(C)c(C(=O)OC)c1O.Cl. The Kier molecular flexibility index (Phi) is 5.64. The lowest BCUT2D eigenvalue weighted by molar-refractivity contribution is 0.0592. The molecule has 0 amide bonds. The number of nitrogens with two attached hydrogens (primary N) is 1. The third-order valence-corrected chi connectivity index (χ3v) is 2.81. The maximum Gasteiger partial charge on any atom is 0.342 e. The van der Waals surface area contributed by atoms with E-state index < -0.39 is 17.7 Å². The van der Waals surface area contributed by atoms with E-state index in [-0.39, 0.29) is 29.2 Å². The first-order valence-corrected chi connectivity index (χ1v) is 5.15. The molecular formula is C12H16ClNO5. The van der Waals surface area contributed by atoms with E-state index in [0.29, 0.717) is 11.1 Å². The zero-order valence-electron chi connectivity index (χ0n) is 11.1. The Labute approximate surface area is 116 Å². The van der Waals surface area contributed by atoms with Gasteiger partial charge in [-0.2, -0.15) is 0 Å². The summed E-state index contributed by atoms with van der Waals surface area (Å²) < 4.78 is 9.11. The summed E-state index contributed by atoms with van der Waals surface area (Å²) in [4.78, 5) is 23.2. The first-order chi connectivity index (χ1) is 8.36. The number of methoxy groups -OCH3 is 2. The lowest BCUT2D eigenvalue weighted by atomic mass is 9.95. The van der Waals surface area contributed by atoms with E-state index in [0.717, 1.165) is 0 Å². The lowest BCUT2D eigenvalue weighted by Gasteiger charge is -2.15. The highest BCUT2D eigenvalue weighted by Crippen LogP contribution is 2.35. The molecule has 0 heterocycles. The van der Waals surface area contributed by atoms with Gasteiger partial charge in [-0.05, 0) is 25.0 Å². The number of phenolic OH excluding ortho intramolecular Hbond substituents is 1. The Bertz CT molecular complexity index is 484. The maximum atomic E-state index is 11.6. The molecular weight excluding hydrogens is 274 g/mol. The number of hydrogen-bond donors (Lipinski definition) is 2. The highest BCUT2D eigenvalue weighted by molar-refractivity contribution is 6.04. The molecule has 0 bridgehead atoms. The highest BCUT2D eigenvalue weighted by atomic mass is 35.5. The van der Waals surface area contributed by atoms with Gasteiger partial charge in [-0.3, -0.25) is 0 Å². The zero-order valence-corrected chi connectivity index (χ0v) is 11.9. The second-order valence-electron chi connectivity index (χ2n) is 3.75. The fourth-order valence-electron chi connectivity index (χ4n) is 1.73. The second kappa shape index (κ2) is 6.29. The average Bonchev–Trinajstić information content (AvgIpc) is 2.35. The molecule has 106 valence electrons. The van der Waals surface area contributed by atoms with Gasteiger partial charge in [0.05, 0.1) is 14.2 Å². The normalized spacial score (nSPS) is 9.47. The Hall–Kier alpha value is -1.95. The van der Waals surface area contributed by atoms with Gasteiger partial charge in [-0.25, -0.2) is 9.59 Å². The van der Waals surface area contributed by atoms with Crippen molar-refractivity contribution in [3.05, 3.63) is 22.3 Å². The zero-order chi connectivity index (χ0) is 14.0. The third kappa shape index (κ3) is 2.73. The Balaban J connectivity index is 0.00000324. The van der Waals surface area contributed by atoms with E-state index in [2.05, 4.69) is 9.47 Å². The molecule has 3 N–H and O–H groups in total. The number of phenols is 1. The minimum atomic E-state index is -0.762. The smallest absolute Gasteiger partial charge is 0.342 e. The van der Waals surface area contributed by atoms with Gasteiger partial charge in [0, 0.05) is 5.69 Å². The van der Waals surface area contributed by atoms with Crippen molar-refractivity contribution >= 4 is 30.0 Å². The lowest BCUT2D eigenvalue weighted by Crippen LogP contribution is -2.14. The van der Waals surface area contributed by atoms with Crippen molar-refractivity contribution in [1.29, 1.82) is 0 Å². The number of rotatable bonds is 2. The van der Waals surface area contributed by atoms with Crippen LogP contribution in [0.3, 0.4) is 0 Å². The maximum absolute atomic E-state index is 11.6. The molecule has 19 heavy (non-hydrogen) atoms. The van der Waals surface area contributed by atoms with Crippen LogP contribution in [0.15, 0.2) is 0 Å². The fraction of sp³-hybridized carbons (Fsp3) is 0.333. The number of aromatic hydroxyl groups is 1. The van der Waals surface area contributed by atoms with Crippen LogP contribution in [0.2, 0.25) is 0 Å². The molecule has 0 saturated carbocycles. The summed E-state index contributed by atoms with van der Waals surface area (Å²) in [5, 5.41) is 10.0. The van der Waals surface area contributed by atoms with Crippen LogP contribution in [0, 0.1) is 13.8 Å². The Morgan fingerprint density at radius 1 is 1.00 bits per heavy atom. The van der Waals surface area contributed by atoms with Gasteiger partial charge in [0.2, 0.25) is 0 Å². The topological polar surface area (TPSA) is 98.9 Å². The van der Waals surface area contributed by atoms with E-state index in [1.54, 1.807) is 13.8 Å². The van der Waals surface area contributed by atoms with Gasteiger partial charge in [-0.1, -0.05) is 0 Å². The number of carbonyl (C=O) groups excluding carboxylic acids is 2. The number of ether oxygens (including phenoxy) is 2. The minimum Gasteiger partial charge on any atom is -0.506 e. The van der Waals surface area contributed by atoms with Crippen LogP contribution in [0.4, 0.5) is 5.69 Å². The first kappa shape index (κ1) is 17.1. The molecule has 0 aromatic heterocycles. The van der Waals surface area contributed by atoms with Gasteiger partial charge < -0.3 is 20.3 Å². The van der Waals surface area contributed by atoms with E-state index in [9.17, 15) is 14.7 Å². The molecule has 0 saturated heterocycles. The van der Waals surface area contributed by atoms with Gasteiger partial charge in [0.1, 0.15) is 16.9 Å². The van der Waals surface area contributed by atoms with Crippen molar-refractivity contribution in [3.63, 3.8) is 0 Å². The molecule has 0 aliphatic heterocycles. The van der Waals surface area contributed by atoms with Crippen molar-refractivity contribution in [2.75, 3.05) is 20.0 Å². The van der Waals surface area contributed by atoms with Crippen LogP contribution in [0.5, 0.6) is 5.75 Å². The minimum absolute atomic E-state index is 0. The number of benzene rings is 1. The van der Waals surface area contributed by atoms with E-state index in [1.165, 1.54) is 14.2 Å². The number of halogens is 1. The van der Waals surface area contributed by atoms with Crippen LogP contribution in [0.1, 0.15) is 31.8 Å². The summed E-state index contributed by atoms with van der Waals surface area (Å²) in [6.07, 6.45) is 0. The van der Waals surface area contributed by atoms with Gasteiger partial charge >= 0.3 is 11.9 Å². The Morgan fingerprint density at radius 3 is 1.58 bits per heavy atom. The van der Waals surface area contributed by atoms with Gasteiger partial charge in [-0.15, -0.1) is 12.4 Å². The molecule has 1 rings (SSSR count). The van der Waals surface area contributed by atoms with E-state index >= 15 is 0 Å². The predicted molar refractivity (Wildman–Crippen MR) is 71.9 cm³/mol. The summed E-state index contributed by atoms with van der Waals surface area (Å²) in [6, 6.07) is 0. The summed E-state index contributed by atoms with van der Waals surface area (Å²) in [5.41, 5.74) is 6.54. The highest BCUT2D eigenvalue weighted by Gasteiger charge is 2.27. The molecule has 0 spiro atoms. The van der Waals surface area contributed by atoms with Gasteiger partial charge in [0.15, 0.2) is 0 Å². The van der Waals surface area contributed by atoms with Crippen molar-refractivity contribution in [2.45, 2.75) is 13.8 Å². The predicted octanol–water partition coefficient (Wildman–Crippen LogP) is 1.59. The monoisotopic (exact) mass is 289 g/mol. The fourth-order valence-corrected chi connectivity index (χ4v) is 1.73. The molecule has 0 radical (unpaired) electrons. The third-order valence-electron chi connectivity index (χ3n) is 2.81. The summed E-state index contributed by atoms with van der Waals surface area (Å²) in [7, 11) is 2.35. The number of carbonyl (C=O) groups is 2. The van der Waals surface area contributed by atoms with Crippen LogP contribution >= 0.6 is 12.4 Å². The molecule has 1 aromatic carbocycles. The van der Waals surface area contributed by atoms with Gasteiger partial charge in [0.25, 0.3) is 0 Å². The summed E-state index contributed by atoms with van der Waals surface area (Å²) >= 11 is 0. The molecule has 0 unspecified atom stereocenters. The number of nitrogen functional groups attached to an aromatic ring is 1. The average molecular weight is 290 g/mol. The Morgan fingerprint density at radius 2 is 1.32 bits per heavy atom. The molecule has 1 aromatic rings. The van der Waals surface area contributed by atoms with Crippen LogP contribution in [-0.2, 0) is 9.47 Å². The second-order valence-corrected chi connectivity index (χ2v) is 3.75. The first-order valence-electron chi connectivity index (χ1n) is 5.15. The number of anilines is 1.